The van der Waals surface area contributed by atoms with Gasteiger partial charge in [-0.05, 0) is 12.8 Å². The lowest BCUT2D eigenvalue weighted by atomic mass is 10.1. The molecule has 0 atom stereocenters. The van der Waals surface area contributed by atoms with Crippen LogP contribution in [0.25, 0.3) is 0 Å². The second-order valence-corrected chi connectivity index (χ2v) is 3.60. The molecule has 0 radical (unpaired) electrons. The van der Waals surface area contributed by atoms with Crippen LogP contribution < -0.4 is 5.73 Å². The van der Waals surface area contributed by atoms with E-state index >= 15 is 0 Å². The van der Waals surface area contributed by atoms with Crippen LogP contribution in [-0.2, 0) is 4.79 Å². The molecular formula is C9H19N3O2. The highest BCUT2D eigenvalue weighted by Crippen LogP contribution is 2.03. The van der Waals surface area contributed by atoms with Gasteiger partial charge in [0.05, 0.1) is 6.54 Å². The highest BCUT2D eigenvalue weighted by atomic mass is 16.4. The molecule has 0 rings (SSSR count). The lowest BCUT2D eigenvalue weighted by Crippen LogP contribution is -2.38. The van der Waals surface area contributed by atoms with Gasteiger partial charge in [0, 0.05) is 13.0 Å². The van der Waals surface area contributed by atoms with E-state index in [0.717, 1.165) is 0 Å². The molecule has 5 nitrogen and oxygen atoms in total. The Bertz CT molecular complexity index is 214. The third kappa shape index (κ3) is 4.69. The van der Waals surface area contributed by atoms with Crippen molar-refractivity contribution in [2.24, 2.45) is 16.8 Å². The first-order valence-electron chi connectivity index (χ1n) is 4.75. The fourth-order valence-electron chi connectivity index (χ4n) is 1.08. The van der Waals surface area contributed by atoms with Crippen molar-refractivity contribution in [1.29, 1.82) is 0 Å². The summed E-state index contributed by atoms with van der Waals surface area (Å²) in [6, 6.07) is 0. The summed E-state index contributed by atoms with van der Waals surface area (Å²) >= 11 is 0. The molecule has 82 valence electrons. The van der Waals surface area contributed by atoms with Gasteiger partial charge in [-0.2, -0.15) is 0 Å². The number of nitrogens with zero attached hydrogens (tertiary/aromatic N) is 2. The number of likely N-dealkylation sites (N-methyl/N-ethyl adjacent to an activating group) is 1. The van der Waals surface area contributed by atoms with Gasteiger partial charge in [0.25, 0.3) is 0 Å². The Balaban J connectivity index is 4.19. The summed E-state index contributed by atoms with van der Waals surface area (Å²) in [5, 5.41) is 11.2. The van der Waals surface area contributed by atoms with E-state index in [9.17, 15) is 4.79 Å². The number of amidine groups is 1. The predicted octanol–water partition coefficient (Wildman–Crippen LogP) is 0.627. The van der Waals surface area contributed by atoms with Crippen LogP contribution in [0.2, 0.25) is 0 Å². The summed E-state index contributed by atoms with van der Waals surface area (Å²) in [4.78, 5) is 13.1. The normalized spacial score (nSPS) is 11.9. The predicted molar refractivity (Wildman–Crippen MR) is 55.1 cm³/mol. The smallest absolute Gasteiger partial charge is 0.223 e. The van der Waals surface area contributed by atoms with Crippen LogP contribution in [-0.4, -0.2) is 34.9 Å². The molecule has 0 saturated heterocycles. The topological polar surface area (TPSA) is 78.9 Å². The first-order valence-corrected chi connectivity index (χ1v) is 4.75. The maximum atomic E-state index is 11.6. The fourth-order valence-corrected chi connectivity index (χ4v) is 1.08. The Morgan fingerprint density at radius 1 is 1.57 bits per heavy atom. The van der Waals surface area contributed by atoms with Gasteiger partial charge in [0.1, 0.15) is 0 Å². The lowest BCUT2D eigenvalue weighted by Gasteiger charge is -2.20. The largest absolute Gasteiger partial charge is 0.409 e. The van der Waals surface area contributed by atoms with Crippen molar-refractivity contribution < 1.29 is 10.0 Å². The Labute approximate surface area is 84.6 Å². The van der Waals surface area contributed by atoms with Crippen LogP contribution in [0.4, 0.5) is 0 Å². The monoisotopic (exact) mass is 201 g/mol. The minimum absolute atomic E-state index is 0.0362. The molecule has 14 heavy (non-hydrogen) atoms. The van der Waals surface area contributed by atoms with Gasteiger partial charge in [-0.3, -0.25) is 4.79 Å². The number of nitrogens with two attached hydrogens (primary N) is 1. The molecule has 0 spiro atoms. The minimum atomic E-state index is 0.0362. The zero-order valence-electron chi connectivity index (χ0n) is 9.03. The van der Waals surface area contributed by atoms with Crippen LogP contribution in [0.1, 0.15) is 27.2 Å². The summed E-state index contributed by atoms with van der Waals surface area (Å²) in [6.07, 6.45) is 0.493. The molecule has 0 heterocycles. The third-order valence-electron chi connectivity index (χ3n) is 1.80. The summed E-state index contributed by atoms with van der Waals surface area (Å²) in [6.45, 7) is 6.59. The number of amides is 1. The quantitative estimate of drug-likeness (QED) is 0.296. The van der Waals surface area contributed by atoms with Crippen LogP contribution in [0.15, 0.2) is 5.16 Å². The molecule has 0 aromatic carbocycles. The van der Waals surface area contributed by atoms with Crippen molar-refractivity contribution in [2.75, 3.05) is 13.1 Å². The molecule has 0 aliphatic heterocycles. The molecule has 0 aromatic rings. The maximum absolute atomic E-state index is 11.6. The van der Waals surface area contributed by atoms with Crippen LogP contribution in [0.5, 0.6) is 0 Å². The molecule has 0 aromatic heterocycles. The fraction of sp³-hybridized carbons (Fsp3) is 0.778. The summed E-state index contributed by atoms with van der Waals surface area (Å²) < 4.78 is 0. The zero-order valence-corrected chi connectivity index (χ0v) is 9.03. The van der Waals surface area contributed by atoms with Crippen molar-refractivity contribution in [3.8, 4) is 0 Å². The van der Waals surface area contributed by atoms with Gasteiger partial charge in [-0.1, -0.05) is 19.0 Å². The molecular weight excluding hydrogens is 182 g/mol. The van der Waals surface area contributed by atoms with Gasteiger partial charge in [-0.25, -0.2) is 0 Å². The van der Waals surface area contributed by atoms with Gasteiger partial charge < -0.3 is 15.8 Å². The number of hydrogen-bond acceptors (Lipinski definition) is 3. The van der Waals surface area contributed by atoms with E-state index in [4.69, 9.17) is 10.9 Å². The number of carbonyl (C=O) groups is 1. The lowest BCUT2D eigenvalue weighted by molar-refractivity contribution is -0.131. The summed E-state index contributed by atoms with van der Waals surface area (Å²) in [5.41, 5.74) is 5.32. The molecule has 5 heteroatoms. The van der Waals surface area contributed by atoms with E-state index in [-0.39, 0.29) is 18.3 Å². The minimum Gasteiger partial charge on any atom is -0.409 e. The van der Waals surface area contributed by atoms with Crippen molar-refractivity contribution in [2.45, 2.75) is 27.2 Å². The van der Waals surface area contributed by atoms with E-state index in [2.05, 4.69) is 5.16 Å². The number of hydrogen-bond donors (Lipinski definition) is 2. The second kappa shape index (κ2) is 6.23. The van der Waals surface area contributed by atoms with Crippen molar-refractivity contribution in [3.05, 3.63) is 0 Å². The van der Waals surface area contributed by atoms with Crippen molar-refractivity contribution in [1.82, 2.24) is 4.90 Å². The molecule has 0 unspecified atom stereocenters. The van der Waals surface area contributed by atoms with Crippen LogP contribution >= 0.6 is 0 Å². The number of oxime groups is 1. The third-order valence-corrected chi connectivity index (χ3v) is 1.80. The SMILES string of the molecule is CCN(CC(N)=NO)C(=O)CC(C)C. The second-order valence-electron chi connectivity index (χ2n) is 3.60. The molecule has 1 amide bonds. The molecule has 0 aliphatic rings. The van der Waals surface area contributed by atoms with E-state index in [1.807, 2.05) is 20.8 Å². The van der Waals surface area contributed by atoms with Crippen LogP contribution in [0.3, 0.4) is 0 Å². The van der Waals surface area contributed by atoms with Gasteiger partial charge in [-0.15, -0.1) is 0 Å². The first-order chi connectivity index (χ1) is 6.51. The Kier molecular flexibility index (Phi) is 5.67. The van der Waals surface area contributed by atoms with Crippen molar-refractivity contribution >= 4 is 11.7 Å². The summed E-state index contributed by atoms with van der Waals surface area (Å²) in [7, 11) is 0. The molecule has 0 fully saturated rings. The average Bonchev–Trinajstić information content (AvgIpc) is 2.12. The number of carbonyl (C=O) groups excluding carboxylic acids is 1. The molecule has 0 saturated carbocycles. The Morgan fingerprint density at radius 3 is 2.50 bits per heavy atom. The first kappa shape index (κ1) is 12.7. The highest BCUT2D eigenvalue weighted by Gasteiger charge is 2.14. The maximum Gasteiger partial charge on any atom is 0.223 e. The highest BCUT2D eigenvalue weighted by molar-refractivity contribution is 5.86. The Hall–Kier alpha value is -1.26. The average molecular weight is 201 g/mol. The Morgan fingerprint density at radius 2 is 2.14 bits per heavy atom. The summed E-state index contributed by atoms with van der Waals surface area (Å²) in [5.74, 6) is 0.418. The van der Waals surface area contributed by atoms with Crippen LogP contribution in [0, 0.1) is 5.92 Å². The van der Waals surface area contributed by atoms with Gasteiger partial charge >= 0.3 is 0 Å². The number of rotatable bonds is 5. The standard InChI is InChI=1S/C9H19N3O2/c1-4-12(6-8(10)11-14)9(13)5-7(2)3/h7,14H,4-6H2,1-3H3,(H2,10,11). The van der Waals surface area contributed by atoms with E-state index in [0.29, 0.717) is 18.9 Å². The van der Waals surface area contributed by atoms with E-state index in [1.165, 1.54) is 0 Å². The zero-order chi connectivity index (χ0) is 11.1. The van der Waals surface area contributed by atoms with Gasteiger partial charge in [0.2, 0.25) is 5.91 Å². The molecule has 3 N–H and O–H groups in total. The van der Waals surface area contributed by atoms with Crippen molar-refractivity contribution in [3.63, 3.8) is 0 Å². The van der Waals surface area contributed by atoms with E-state index < -0.39 is 0 Å². The van der Waals surface area contributed by atoms with E-state index in [1.54, 1.807) is 4.90 Å². The van der Waals surface area contributed by atoms with Gasteiger partial charge in [0.15, 0.2) is 5.84 Å². The molecule has 0 bridgehead atoms. The molecule has 0 aliphatic carbocycles.